The van der Waals surface area contributed by atoms with Gasteiger partial charge in [0.1, 0.15) is 0 Å². The van der Waals surface area contributed by atoms with Gasteiger partial charge in [0.05, 0.1) is 25.2 Å². The highest BCUT2D eigenvalue weighted by molar-refractivity contribution is 5.80. The summed E-state index contributed by atoms with van der Waals surface area (Å²) >= 11 is 0. The van der Waals surface area contributed by atoms with Gasteiger partial charge in [-0.15, -0.1) is 0 Å². The zero-order valence-electron chi connectivity index (χ0n) is 15.2. The summed E-state index contributed by atoms with van der Waals surface area (Å²) in [6.45, 7) is 5.94. The van der Waals surface area contributed by atoms with Crippen molar-refractivity contribution in [3.8, 4) is 0 Å². The van der Waals surface area contributed by atoms with Crippen LogP contribution in [0, 0.1) is 5.92 Å². The number of hydrogen-bond acceptors (Lipinski definition) is 4. The smallest absolute Gasteiger partial charge is 0.225 e. The van der Waals surface area contributed by atoms with E-state index in [-0.39, 0.29) is 23.4 Å². The van der Waals surface area contributed by atoms with E-state index in [1.165, 1.54) is 5.56 Å². The number of hydrogen-bond donors (Lipinski definition) is 2. The number of benzene rings is 1. The van der Waals surface area contributed by atoms with Crippen LogP contribution < -0.4 is 11.1 Å². The van der Waals surface area contributed by atoms with Gasteiger partial charge in [-0.1, -0.05) is 43.2 Å². The van der Waals surface area contributed by atoms with Gasteiger partial charge >= 0.3 is 0 Å². The molecule has 3 atom stereocenters. The van der Waals surface area contributed by atoms with Crippen LogP contribution in [0.2, 0.25) is 0 Å². The molecule has 2 aliphatic rings. The molecule has 1 saturated carbocycles. The molecule has 5 heteroatoms. The Morgan fingerprint density at radius 2 is 2.04 bits per heavy atom. The number of nitrogens with zero attached hydrogens (tertiary/aromatic N) is 1. The fourth-order valence-corrected chi connectivity index (χ4v) is 4.13. The van der Waals surface area contributed by atoms with Gasteiger partial charge in [-0.2, -0.15) is 0 Å². The minimum Gasteiger partial charge on any atom is -0.379 e. The summed E-state index contributed by atoms with van der Waals surface area (Å²) in [7, 11) is 0. The van der Waals surface area contributed by atoms with Crippen LogP contribution in [0.3, 0.4) is 0 Å². The molecule has 2 fully saturated rings. The van der Waals surface area contributed by atoms with E-state index in [2.05, 4.69) is 34.5 Å². The predicted octanol–water partition coefficient (Wildman–Crippen LogP) is 2.08. The SMILES string of the molecule is CC1(N)CCCCC1C(=O)NCC(c1ccccc1)N1CCOCC1. The summed E-state index contributed by atoms with van der Waals surface area (Å²) in [5.41, 5.74) is 7.25. The normalized spacial score (nSPS) is 29.1. The molecule has 0 bridgehead atoms. The predicted molar refractivity (Wildman–Crippen MR) is 99.1 cm³/mol. The van der Waals surface area contributed by atoms with Crippen LogP contribution in [0.4, 0.5) is 0 Å². The van der Waals surface area contributed by atoms with E-state index in [0.29, 0.717) is 6.54 Å². The van der Waals surface area contributed by atoms with Crippen LogP contribution in [0.25, 0.3) is 0 Å². The minimum absolute atomic E-state index is 0.0811. The minimum atomic E-state index is -0.385. The van der Waals surface area contributed by atoms with Gasteiger partial charge in [0.25, 0.3) is 0 Å². The molecule has 1 saturated heterocycles. The fourth-order valence-electron chi connectivity index (χ4n) is 4.13. The number of nitrogens with two attached hydrogens (primary N) is 1. The largest absolute Gasteiger partial charge is 0.379 e. The third-order valence-corrected chi connectivity index (χ3v) is 5.71. The third-order valence-electron chi connectivity index (χ3n) is 5.71. The number of carbonyl (C=O) groups excluding carboxylic acids is 1. The topological polar surface area (TPSA) is 67.6 Å². The highest BCUT2D eigenvalue weighted by atomic mass is 16.5. The number of rotatable bonds is 5. The van der Waals surface area contributed by atoms with Crippen molar-refractivity contribution >= 4 is 5.91 Å². The number of ether oxygens (including phenoxy) is 1. The summed E-state index contributed by atoms with van der Waals surface area (Å²) in [6.07, 6.45) is 4.04. The van der Waals surface area contributed by atoms with Gasteiger partial charge in [0, 0.05) is 25.2 Å². The van der Waals surface area contributed by atoms with Gasteiger partial charge in [0.15, 0.2) is 0 Å². The highest BCUT2D eigenvalue weighted by Crippen LogP contribution is 2.32. The monoisotopic (exact) mass is 345 g/mol. The van der Waals surface area contributed by atoms with Crippen molar-refractivity contribution in [2.75, 3.05) is 32.8 Å². The highest BCUT2D eigenvalue weighted by Gasteiger charge is 2.38. The lowest BCUT2D eigenvalue weighted by Gasteiger charge is -2.38. The van der Waals surface area contributed by atoms with Crippen molar-refractivity contribution in [2.24, 2.45) is 11.7 Å². The molecular formula is C20H31N3O2. The maximum Gasteiger partial charge on any atom is 0.225 e. The van der Waals surface area contributed by atoms with Crippen LogP contribution in [-0.4, -0.2) is 49.2 Å². The van der Waals surface area contributed by atoms with Crippen LogP contribution in [0.15, 0.2) is 30.3 Å². The first kappa shape index (κ1) is 18.4. The van der Waals surface area contributed by atoms with Crippen LogP contribution in [0.1, 0.15) is 44.2 Å². The second-order valence-electron chi connectivity index (χ2n) is 7.62. The van der Waals surface area contributed by atoms with E-state index in [1.807, 2.05) is 13.0 Å². The fraction of sp³-hybridized carbons (Fsp3) is 0.650. The molecule has 1 aliphatic carbocycles. The first-order chi connectivity index (χ1) is 12.1. The Morgan fingerprint density at radius 3 is 2.72 bits per heavy atom. The Labute approximate surface area is 150 Å². The molecule has 138 valence electrons. The van der Waals surface area contributed by atoms with Gasteiger partial charge in [-0.3, -0.25) is 9.69 Å². The van der Waals surface area contributed by atoms with E-state index in [0.717, 1.165) is 52.0 Å². The lowest BCUT2D eigenvalue weighted by Crippen LogP contribution is -2.54. The first-order valence-corrected chi connectivity index (χ1v) is 9.51. The van der Waals surface area contributed by atoms with Crippen LogP contribution >= 0.6 is 0 Å². The number of carbonyl (C=O) groups is 1. The number of amides is 1. The Bertz CT molecular complexity index is 555. The molecule has 1 heterocycles. The second-order valence-corrected chi connectivity index (χ2v) is 7.62. The first-order valence-electron chi connectivity index (χ1n) is 9.51. The van der Waals surface area contributed by atoms with Gasteiger partial charge in [-0.05, 0) is 25.3 Å². The van der Waals surface area contributed by atoms with E-state index in [9.17, 15) is 4.79 Å². The molecule has 0 aromatic heterocycles. The van der Waals surface area contributed by atoms with Crippen molar-refractivity contribution in [1.82, 2.24) is 10.2 Å². The summed E-state index contributed by atoms with van der Waals surface area (Å²) < 4.78 is 5.49. The van der Waals surface area contributed by atoms with E-state index in [1.54, 1.807) is 0 Å². The molecular weight excluding hydrogens is 314 g/mol. The Balaban J connectivity index is 1.67. The summed E-state index contributed by atoms with van der Waals surface area (Å²) in [4.78, 5) is 15.2. The summed E-state index contributed by atoms with van der Waals surface area (Å²) in [5, 5.41) is 3.20. The lowest BCUT2D eigenvalue weighted by atomic mass is 9.74. The van der Waals surface area contributed by atoms with E-state index < -0.39 is 0 Å². The quantitative estimate of drug-likeness (QED) is 0.857. The summed E-state index contributed by atoms with van der Waals surface area (Å²) in [5.74, 6) is 0.0289. The molecule has 0 spiro atoms. The van der Waals surface area contributed by atoms with Crippen LogP contribution in [0.5, 0.6) is 0 Å². The van der Waals surface area contributed by atoms with Crippen molar-refractivity contribution < 1.29 is 9.53 Å². The molecule has 5 nitrogen and oxygen atoms in total. The van der Waals surface area contributed by atoms with Crippen molar-refractivity contribution in [3.05, 3.63) is 35.9 Å². The zero-order chi connectivity index (χ0) is 17.7. The second kappa shape index (κ2) is 8.30. The molecule has 0 radical (unpaired) electrons. The molecule has 1 aromatic rings. The van der Waals surface area contributed by atoms with Gasteiger partial charge in [0.2, 0.25) is 5.91 Å². The molecule has 3 unspecified atom stereocenters. The molecule has 1 amide bonds. The zero-order valence-corrected chi connectivity index (χ0v) is 15.2. The molecule has 3 N–H and O–H groups in total. The van der Waals surface area contributed by atoms with Crippen LogP contribution in [-0.2, 0) is 9.53 Å². The third kappa shape index (κ3) is 4.60. The molecule has 25 heavy (non-hydrogen) atoms. The van der Waals surface area contributed by atoms with Gasteiger partial charge in [-0.25, -0.2) is 0 Å². The van der Waals surface area contributed by atoms with Crippen molar-refractivity contribution in [1.29, 1.82) is 0 Å². The Kier molecular flexibility index (Phi) is 6.10. The average molecular weight is 345 g/mol. The molecule has 1 aliphatic heterocycles. The maximum atomic E-state index is 12.8. The lowest BCUT2D eigenvalue weighted by molar-refractivity contribution is -0.128. The van der Waals surface area contributed by atoms with E-state index >= 15 is 0 Å². The molecule has 1 aromatic carbocycles. The number of morpholine rings is 1. The Hall–Kier alpha value is -1.43. The van der Waals surface area contributed by atoms with Crippen molar-refractivity contribution in [2.45, 2.75) is 44.2 Å². The molecule has 3 rings (SSSR count). The number of nitrogens with one attached hydrogen (secondary N) is 1. The average Bonchev–Trinajstić information content (AvgIpc) is 2.63. The standard InChI is InChI=1S/C20H31N3O2/c1-20(21)10-6-5-9-17(20)19(24)22-15-18(16-7-3-2-4-8-16)23-11-13-25-14-12-23/h2-4,7-8,17-18H,5-6,9-15,21H2,1H3,(H,22,24). The van der Waals surface area contributed by atoms with E-state index in [4.69, 9.17) is 10.5 Å². The maximum absolute atomic E-state index is 12.8. The Morgan fingerprint density at radius 1 is 1.32 bits per heavy atom. The summed E-state index contributed by atoms with van der Waals surface area (Å²) in [6, 6.07) is 10.6. The van der Waals surface area contributed by atoms with Crippen molar-refractivity contribution in [3.63, 3.8) is 0 Å². The van der Waals surface area contributed by atoms with Gasteiger partial charge < -0.3 is 15.8 Å².